The molecule has 0 bridgehead atoms. The van der Waals surface area contributed by atoms with Crippen LogP contribution in [0.25, 0.3) is 22.3 Å². The standard InChI is InChI=1S/C21H16N4O5S/c1-30-19-13-15(25(26)27)9-11-20(19)31(28,29)24-18-7-4-5-14-8-10-17(23-21(14)18)16-6-2-3-12-22-16/h2-13,24H,1H3. The van der Waals surface area contributed by atoms with E-state index in [1.54, 1.807) is 24.4 Å². The van der Waals surface area contributed by atoms with E-state index in [1.165, 1.54) is 7.11 Å². The molecule has 0 unspecified atom stereocenters. The van der Waals surface area contributed by atoms with Crippen molar-refractivity contribution in [1.29, 1.82) is 0 Å². The van der Waals surface area contributed by atoms with Gasteiger partial charge < -0.3 is 4.74 Å². The average molecular weight is 436 g/mol. The molecule has 0 fully saturated rings. The number of hydrogen-bond donors (Lipinski definition) is 1. The number of anilines is 1. The van der Waals surface area contributed by atoms with Gasteiger partial charge in [-0.1, -0.05) is 24.3 Å². The van der Waals surface area contributed by atoms with E-state index in [4.69, 9.17) is 4.74 Å². The van der Waals surface area contributed by atoms with Crippen LogP contribution in [0.3, 0.4) is 0 Å². The van der Waals surface area contributed by atoms with Crippen molar-refractivity contribution in [2.75, 3.05) is 11.8 Å². The summed E-state index contributed by atoms with van der Waals surface area (Å²) in [4.78, 5) is 19.0. The summed E-state index contributed by atoms with van der Waals surface area (Å²) < 4.78 is 33.7. The molecule has 0 spiro atoms. The number of benzene rings is 2. The third-order valence-corrected chi connectivity index (χ3v) is 5.94. The second kappa shape index (κ2) is 8.00. The van der Waals surface area contributed by atoms with Crippen LogP contribution in [0.1, 0.15) is 0 Å². The Kier molecular flexibility index (Phi) is 5.22. The van der Waals surface area contributed by atoms with Crippen LogP contribution in [0.5, 0.6) is 5.75 Å². The zero-order valence-corrected chi connectivity index (χ0v) is 17.0. The molecule has 0 aliphatic carbocycles. The van der Waals surface area contributed by atoms with Crippen molar-refractivity contribution in [2.24, 2.45) is 0 Å². The summed E-state index contributed by atoms with van der Waals surface area (Å²) in [5, 5.41) is 11.7. The lowest BCUT2D eigenvalue weighted by atomic mass is 10.1. The molecule has 0 atom stereocenters. The second-order valence-electron chi connectivity index (χ2n) is 6.49. The molecule has 0 saturated heterocycles. The van der Waals surface area contributed by atoms with Crippen LogP contribution in [0.4, 0.5) is 11.4 Å². The zero-order valence-electron chi connectivity index (χ0n) is 16.2. The summed E-state index contributed by atoms with van der Waals surface area (Å²) in [6.07, 6.45) is 1.65. The Hall–Kier alpha value is -4.05. The number of hydrogen-bond acceptors (Lipinski definition) is 7. The van der Waals surface area contributed by atoms with Crippen molar-refractivity contribution >= 4 is 32.3 Å². The number of non-ortho nitro benzene ring substituents is 1. The highest BCUT2D eigenvalue weighted by Crippen LogP contribution is 2.32. The van der Waals surface area contributed by atoms with Crippen LogP contribution < -0.4 is 9.46 Å². The molecule has 0 aliphatic rings. The number of methoxy groups -OCH3 is 1. The molecule has 4 aromatic rings. The molecule has 1 N–H and O–H groups in total. The van der Waals surface area contributed by atoms with Crippen LogP contribution in [0.2, 0.25) is 0 Å². The highest BCUT2D eigenvalue weighted by Gasteiger charge is 2.23. The Morgan fingerprint density at radius 2 is 1.84 bits per heavy atom. The molecule has 156 valence electrons. The molecule has 4 rings (SSSR count). The van der Waals surface area contributed by atoms with E-state index in [0.29, 0.717) is 16.9 Å². The quantitative estimate of drug-likeness (QED) is 0.357. The Morgan fingerprint density at radius 3 is 2.55 bits per heavy atom. The maximum absolute atomic E-state index is 13.1. The van der Waals surface area contributed by atoms with Gasteiger partial charge >= 0.3 is 0 Å². The Labute approximate surface area is 177 Å². The largest absolute Gasteiger partial charge is 0.495 e. The molecule has 10 heteroatoms. The van der Waals surface area contributed by atoms with Gasteiger partial charge in [0.25, 0.3) is 15.7 Å². The first kappa shape index (κ1) is 20.2. The third-order valence-electron chi connectivity index (χ3n) is 4.54. The first-order valence-electron chi connectivity index (χ1n) is 9.05. The van der Waals surface area contributed by atoms with Crippen LogP contribution in [0.15, 0.2) is 77.8 Å². The van der Waals surface area contributed by atoms with Crippen molar-refractivity contribution in [3.63, 3.8) is 0 Å². The van der Waals surface area contributed by atoms with Gasteiger partial charge in [0.15, 0.2) is 0 Å². The number of nitrogens with one attached hydrogen (secondary N) is 1. The van der Waals surface area contributed by atoms with Crippen LogP contribution in [-0.2, 0) is 10.0 Å². The minimum atomic E-state index is -4.12. The van der Waals surface area contributed by atoms with E-state index in [2.05, 4.69) is 14.7 Å². The minimum Gasteiger partial charge on any atom is -0.495 e. The fourth-order valence-electron chi connectivity index (χ4n) is 3.08. The van der Waals surface area contributed by atoms with Gasteiger partial charge in [-0.15, -0.1) is 0 Å². The molecule has 0 aliphatic heterocycles. The van der Waals surface area contributed by atoms with E-state index >= 15 is 0 Å². The highest BCUT2D eigenvalue weighted by atomic mass is 32.2. The third kappa shape index (κ3) is 4.01. The van der Waals surface area contributed by atoms with Gasteiger partial charge in [0.2, 0.25) is 0 Å². The summed E-state index contributed by atoms with van der Waals surface area (Å²) >= 11 is 0. The highest BCUT2D eigenvalue weighted by molar-refractivity contribution is 7.92. The number of rotatable bonds is 6. The SMILES string of the molecule is COc1cc([N+](=O)[O-])ccc1S(=O)(=O)Nc1cccc2ccc(-c3ccccn3)nc12. The van der Waals surface area contributed by atoms with Gasteiger partial charge in [0.05, 0.1) is 40.7 Å². The van der Waals surface area contributed by atoms with E-state index < -0.39 is 14.9 Å². The van der Waals surface area contributed by atoms with Gasteiger partial charge in [-0.05, 0) is 30.3 Å². The van der Waals surface area contributed by atoms with Crippen molar-refractivity contribution in [3.05, 3.63) is 83.0 Å². The molecule has 9 nitrogen and oxygen atoms in total. The number of pyridine rings is 2. The number of aromatic nitrogens is 2. The van der Waals surface area contributed by atoms with Gasteiger partial charge in [-0.25, -0.2) is 13.4 Å². The number of nitro benzene ring substituents is 1. The fraction of sp³-hybridized carbons (Fsp3) is 0.0476. The number of nitro groups is 1. The summed E-state index contributed by atoms with van der Waals surface area (Å²) in [5.41, 5.74) is 1.67. The number of para-hydroxylation sites is 1. The summed E-state index contributed by atoms with van der Waals surface area (Å²) in [6.45, 7) is 0. The number of sulfonamides is 1. The van der Waals surface area contributed by atoms with Crippen molar-refractivity contribution in [1.82, 2.24) is 9.97 Å². The van der Waals surface area contributed by atoms with Crippen molar-refractivity contribution < 1.29 is 18.1 Å². The molecule has 2 aromatic carbocycles. The molecule has 0 amide bonds. The van der Waals surface area contributed by atoms with Crippen molar-refractivity contribution in [3.8, 4) is 17.1 Å². The van der Waals surface area contributed by atoms with Gasteiger partial charge in [0, 0.05) is 17.6 Å². The Morgan fingerprint density at radius 1 is 1.00 bits per heavy atom. The number of nitrogens with zero attached hydrogens (tertiary/aromatic N) is 3. The molecule has 2 aromatic heterocycles. The van der Waals surface area contributed by atoms with Gasteiger partial charge in [0.1, 0.15) is 10.6 Å². The predicted molar refractivity (Wildman–Crippen MR) is 115 cm³/mol. The fourth-order valence-corrected chi connectivity index (χ4v) is 4.30. The summed E-state index contributed by atoms with van der Waals surface area (Å²) in [5.74, 6) is -0.135. The van der Waals surface area contributed by atoms with Crippen LogP contribution in [0, 0.1) is 10.1 Å². The summed E-state index contributed by atoms with van der Waals surface area (Å²) in [6, 6.07) is 17.5. The maximum atomic E-state index is 13.1. The molecule has 0 saturated carbocycles. The predicted octanol–water partition coefficient (Wildman–Crippen LogP) is 4.01. The first-order valence-corrected chi connectivity index (χ1v) is 10.5. The molecule has 31 heavy (non-hydrogen) atoms. The Bertz CT molecular complexity index is 1390. The lowest BCUT2D eigenvalue weighted by Crippen LogP contribution is -2.14. The topological polar surface area (TPSA) is 124 Å². The van der Waals surface area contributed by atoms with Crippen molar-refractivity contribution in [2.45, 2.75) is 4.90 Å². The van der Waals surface area contributed by atoms with Gasteiger partial charge in [-0.3, -0.25) is 19.8 Å². The second-order valence-corrected chi connectivity index (χ2v) is 8.14. The zero-order chi connectivity index (χ0) is 22.0. The molecular formula is C21H16N4O5S. The minimum absolute atomic E-state index is 0.135. The van der Waals surface area contributed by atoms with E-state index in [1.807, 2.05) is 30.3 Å². The van der Waals surface area contributed by atoms with Crippen LogP contribution in [-0.4, -0.2) is 30.4 Å². The molecular weight excluding hydrogens is 420 g/mol. The smallest absolute Gasteiger partial charge is 0.273 e. The van der Waals surface area contributed by atoms with Gasteiger partial charge in [-0.2, -0.15) is 0 Å². The van der Waals surface area contributed by atoms with Crippen LogP contribution >= 0.6 is 0 Å². The lowest BCUT2D eigenvalue weighted by molar-refractivity contribution is -0.385. The molecule has 2 heterocycles. The summed E-state index contributed by atoms with van der Waals surface area (Å²) in [7, 11) is -2.87. The lowest BCUT2D eigenvalue weighted by Gasteiger charge is -2.13. The normalized spacial score (nSPS) is 11.3. The average Bonchev–Trinajstić information content (AvgIpc) is 2.79. The van der Waals surface area contributed by atoms with E-state index in [-0.39, 0.29) is 22.0 Å². The van der Waals surface area contributed by atoms with E-state index in [9.17, 15) is 18.5 Å². The molecule has 0 radical (unpaired) electrons. The number of ether oxygens (including phenoxy) is 1. The Balaban J connectivity index is 1.78. The number of fused-ring (bicyclic) bond motifs is 1. The maximum Gasteiger partial charge on any atom is 0.273 e. The monoisotopic (exact) mass is 436 g/mol. The first-order chi connectivity index (χ1) is 14.9. The van der Waals surface area contributed by atoms with E-state index in [0.717, 1.165) is 23.6 Å².